The summed E-state index contributed by atoms with van der Waals surface area (Å²) in [6, 6.07) is 4.14. The number of imide groups is 1. The van der Waals surface area contributed by atoms with E-state index in [2.05, 4.69) is 20.7 Å². The second kappa shape index (κ2) is 7.49. The van der Waals surface area contributed by atoms with Crippen LogP contribution < -0.4 is 10.1 Å². The zero-order valence-electron chi connectivity index (χ0n) is 10.5. The van der Waals surface area contributed by atoms with Crippen LogP contribution in [0.15, 0.2) is 22.7 Å². The van der Waals surface area contributed by atoms with Gasteiger partial charge in [-0.05, 0) is 41.1 Å². The average Bonchev–Trinajstić information content (AvgIpc) is 2.37. The SMILES string of the molecule is CCOC(=O)NC(=O)COc1cc(C(=O)O)ccc1Br. The Bertz CT molecular complexity index is 531. The molecule has 1 aromatic carbocycles. The number of carboxylic acid groups (broad SMARTS) is 1. The van der Waals surface area contributed by atoms with Crippen molar-refractivity contribution in [2.45, 2.75) is 6.92 Å². The predicted molar refractivity (Wildman–Crippen MR) is 71.8 cm³/mol. The molecule has 2 N–H and O–H groups in total. The van der Waals surface area contributed by atoms with Crippen molar-refractivity contribution in [3.05, 3.63) is 28.2 Å². The molecule has 0 aliphatic heterocycles. The van der Waals surface area contributed by atoms with Gasteiger partial charge in [-0.3, -0.25) is 10.1 Å². The average molecular weight is 346 g/mol. The van der Waals surface area contributed by atoms with E-state index >= 15 is 0 Å². The molecule has 0 radical (unpaired) electrons. The first-order chi connectivity index (χ1) is 9.43. The van der Waals surface area contributed by atoms with Crippen LogP contribution in [0.25, 0.3) is 0 Å². The van der Waals surface area contributed by atoms with E-state index in [1.165, 1.54) is 18.2 Å². The lowest BCUT2D eigenvalue weighted by molar-refractivity contribution is -0.122. The van der Waals surface area contributed by atoms with E-state index in [0.717, 1.165) is 0 Å². The lowest BCUT2D eigenvalue weighted by Gasteiger charge is -2.09. The van der Waals surface area contributed by atoms with Crippen molar-refractivity contribution in [2.75, 3.05) is 13.2 Å². The van der Waals surface area contributed by atoms with Crippen LogP contribution in [0.3, 0.4) is 0 Å². The highest BCUT2D eigenvalue weighted by molar-refractivity contribution is 9.10. The molecular weight excluding hydrogens is 334 g/mol. The summed E-state index contributed by atoms with van der Waals surface area (Å²) < 4.78 is 10.2. The highest BCUT2D eigenvalue weighted by atomic mass is 79.9. The van der Waals surface area contributed by atoms with Crippen LogP contribution in [0.1, 0.15) is 17.3 Å². The number of hydrogen-bond donors (Lipinski definition) is 2. The van der Waals surface area contributed by atoms with E-state index in [4.69, 9.17) is 9.84 Å². The lowest BCUT2D eigenvalue weighted by Crippen LogP contribution is -2.34. The van der Waals surface area contributed by atoms with Crippen LogP contribution >= 0.6 is 15.9 Å². The van der Waals surface area contributed by atoms with Crippen LogP contribution in [0.4, 0.5) is 4.79 Å². The quantitative estimate of drug-likeness (QED) is 0.843. The summed E-state index contributed by atoms with van der Waals surface area (Å²) >= 11 is 3.16. The molecule has 0 fully saturated rings. The lowest BCUT2D eigenvalue weighted by atomic mass is 10.2. The van der Waals surface area contributed by atoms with Gasteiger partial charge in [-0.25, -0.2) is 9.59 Å². The fourth-order valence-electron chi connectivity index (χ4n) is 1.21. The minimum Gasteiger partial charge on any atom is -0.483 e. The minimum atomic E-state index is -1.11. The van der Waals surface area contributed by atoms with Crippen LogP contribution in [0.2, 0.25) is 0 Å². The van der Waals surface area contributed by atoms with Gasteiger partial charge in [0.1, 0.15) is 5.75 Å². The van der Waals surface area contributed by atoms with Crippen molar-refractivity contribution in [3.63, 3.8) is 0 Å². The Morgan fingerprint density at radius 3 is 2.65 bits per heavy atom. The van der Waals surface area contributed by atoms with E-state index in [-0.39, 0.29) is 17.9 Å². The molecule has 0 aliphatic carbocycles. The molecule has 0 heterocycles. The molecule has 0 saturated heterocycles. The number of halogens is 1. The number of rotatable bonds is 5. The molecular formula is C12H12BrNO6. The van der Waals surface area contributed by atoms with Crippen molar-refractivity contribution >= 4 is 33.9 Å². The molecule has 0 aromatic heterocycles. The molecule has 0 spiro atoms. The minimum absolute atomic E-state index is 0.0222. The second-order valence-electron chi connectivity index (χ2n) is 3.51. The smallest absolute Gasteiger partial charge is 0.413 e. The molecule has 7 nitrogen and oxygen atoms in total. The Hall–Kier alpha value is -2.09. The molecule has 0 unspecified atom stereocenters. The fourth-order valence-corrected chi connectivity index (χ4v) is 1.57. The number of aromatic carboxylic acids is 1. The molecule has 1 rings (SSSR count). The topological polar surface area (TPSA) is 102 Å². The highest BCUT2D eigenvalue weighted by Crippen LogP contribution is 2.26. The van der Waals surface area contributed by atoms with Gasteiger partial charge in [0.15, 0.2) is 6.61 Å². The summed E-state index contributed by atoms with van der Waals surface area (Å²) in [6.45, 7) is 1.31. The van der Waals surface area contributed by atoms with Gasteiger partial charge in [0.05, 0.1) is 16.6 Å². The number of amides is 2. The predicted octanol–water partition coefficient (Wildman–Crippen LogP) is 1.80. The maximum atomic E-state index is 11.4. The van der Waals surface area contributed by atoms with Gasteiger partial charge in [0.25, 0.3) is 5.91 Å². The van der Waals surface area contributed by atoms with E-state index in [9.17, 15) is 14.4 Å². The summed E-state index contributed by atoms with van der Waals surface area (Å²) in [6.07, 6.45) is -0.862. The Balaban J connectivity index is 2.61. The highest BCUT2D eigenvalue weighted by Gasteiger charge is 2.12. The van der Waals surface area contributed by atoms with Crippen LogP contribution in [-0.4, -0.2) is 36.3 Å². The maximum absolute atomic E-state index is 11.4. The molecule has 0 bridgehead atoms. The van der Waals surface area contributed by atoms with Crippen LogP contribution in [0, 0.1) is 0 Å². The van der Waals surface area contributed by atoms with Gasteiger partial charge in [-0.2, -0.15) is 0 Å². The van der Waals surface area contributed by atoms with Crippen molar-refractivity contribution in [2.24, 2.45) is 0 Å². The Labute approximate surface area is 123 Å². The number of hydrogen-bond acceptors (Lipinski definition) is 5. The van der Waals surface area contributed by atoms with Crippen molar-refractivity contribution in [1.29, 1.82) is 0 Å². The first kappa shape index (κ1) is 16.0. The third kappa shape index (κ3) is 4.88. The van der Waals surface area contributed by atoms with Gasteiger partial charge < -0.3 is 14.6 Å². The zero-order valence-corrected chi connectivity index (χ0v) is 12.1. The number of carbonyl (C=O) groups is 3. The van der Waals surface area contributed by atoms with E-state index in [1.54, 1.807) is 6.92 Å². The number of alkyl carbamates (subject to hydrolysis) is 1. The summed E-state index contributed by atoms with van der Waals surface area (Å²) in [7, 11) is 0. The van der Waals surface area contributed by atoms with Crippen LogP contribution in [-0.2, 0) is 9.53 Å². The summed E-state index contributed by atoms with van der Waals surface area (Å²) in [4.78, 5) is 33.2. The summed E-state index contributed by atoms with van der Waals surface area (Å²) in [5.41, 5.74) is 0.0222. The fraction of sp³-hybridized carbons (Fsp3) is 0.250. The summed E-state index contributed by atoms with van der Waals surface area (Å²) in [5, 5.41) is 10.8. The molecule has 20 heavy (non-hydrogen) atoms. The molecule has 8 heteroatoms. The third-order valence-electron chi connectivity index (χ3n) is 2.05. The number of carbonyl (C=O) groups excluding carboxylic acids is 2. The Morgan fingerprint density at radius 2 is 2.05 bits per heavy atom. The Morgan fingerprint density at radius 1 is 1.35 bits per heavy atom. The van der Waals surface area contributed by atoms with Crippen LogP contribution in [0.5, 0.6) is 5.75 Å². The molecule has 1 aromatic rings. The van der Waals surface area contributed by atoms with Gasteiger partial charge in [0.2, 0.25) is 0 Å². The van der Waals surface area contributed by atoms with Gasteiger partial charge in [-0.15, -0.1) is 0 Å². The molecule has 0 atom stereocenters. The molecule has 108 valence electrons. The first-order valence-electron chi connectivity index (χ1n) is 5.56. The molecule has 2 amide bonds. The number of carboxylic acids is 1. The van der Waals surface area contributed by atoms with Crippen molar-refractivity contribution in [1.82, 2.24) is 5.32 Å². The van der Waals surface area contributed by atoms with Gasteiger partial charge in [-0.1, -0.05) is 0 Å². The van der Waals surface area contributed by atoms with Crippen molar-refractivity contribution < 1.29 is 29.0 Å². The monoisotopic (exact) mass is 345 g/mol. The van der Waals surface area contributed by atoms with E-state index in [1.807, 2.05) is 5.32 Å². The summed E-state index contributed by atoms with van der Waals surface area (Å²) in [5.74, 6) is -1.63. The van der Waals surface area contributed by atoms with Gasteiger partial charge in [0, 0.05) is 0 Å². The van der Waals surface area contributed by atoms with Gasteiger partial charge >= 0.3 is 12.1 Å². The molecule has 0 saturated carbocycles. The largest absolute Gasteiger partial charge is 0.483 e. The first-order valence-corrected chi connectivity index (χ1v) is 6.35. The second-order valence-corrected chi connectivity index (χ2v) is 4.36. The zero-order chi connectivity index (χ0) is 15.1. The van der Waals surface area contributed by atoms with E-state index in [0.29, 0.717) is 4.47 Å². The normalized spacial score (nSPS) is 9.70. The van der Waals surface area contributed by atoms with E-state index < -0.39 is 24.6 Å². The number of benzene rings is 1. The number of ether oxygens (including phenoxy) is 2. The maximum Gasteiger partial charge on any atom is 0.413 e. The number of nitrogens with one attached hydrogen (secondary N) is 1. The Kier molecular flexibility index (Phi) is 5.98. The standard InChI is InChI=1S/C12H12BrNO6/c1-2-19-12(18)14-10(15)6-20-9-5-7(11(16)17)3-4-8(9)13/h3-5H,2,6H2,1H3,(H,16,17)(H,14,15,18). The third-order valence-corrected chi connectivity index (χ3v) is 2.71. The van der Waals surface area contributed by atoms with Crippen molar-refractivity contribution in [3.8, 4) is 5.75 Å². The molecule has 0 aliphatic rings.